The van der Waals surface area contributed by atoms with Crippen LogP contribution in [0.1, 0.15) is 68.4 Å². The Balaban J connectivity index is 1.77. The topological polar surface area (TPSA) is 46.2 Å². The first-order valence-corrected chi connectivity index (χ1v) is 11.3. The highest BCUT2D eigenvalue weighted by Gasteiger charge is 2.37. The summed E-state index contributed by atoms with van der Waals surface area (Å²) in [5.74, 6) is -0.317. The Morgan fingerprint density at radius 1 is 0.867 bits per heavy atom. The van der Waals surface area contributed by atoms with Gasteiger partial charge in [-0.2, -0.15) is 0 Å². The molecule has 1 saturated heterocycles. The molecule has 30 heavy (non-hydrogen) atoms. The van der Waals surface area contributed by atoms with Gasteiger partial charge in [0.2, 0.25) is 0 Å². The molecule has 1 aliphatic heterocycles. The number of thioether (sulfide) groups is 1. The molecule has 2 aliphatic rings. The molecule has 1 N–H and O–H groups in total. The first kappa shape index (κ1) is 20.9. The number of rotatable bonds is 2. The molecule has 0 atom stereocenters. The molecule has 0 bridgehead atoms. The van der Waals surface area contributed by atoms with Crippen LogP contribution in [0.5, 0.6) is 0 Å². The summed E-state index contributed by atoms with van der Waals surface area (Å²) in [7, 11) is 0. The normalized spacial score (nSPS) is 20.9. The van der Waals surface area contributed by atoms with Crippen LogP contribution in [0.4, 0.5) is 4.79 Å². The van der Waals surface area contributed by atoms with E-state index < -0.39 is 0 Å². The van der Waals surface area contributed by atoms with Crippen LogP contribution in [0.2, 0.25) is 0 Å². The first-order chi connectivity index (χ1) is 14.0. The molecule has 0 aromatic heterocycles. The van der Waals surface area contributed by atoms with Gasteiger partial charge in [-0.15, -0.1) is 0 Å². The van der Waals surface area contributed by atoms with Gasteiger partial charge in [-0.05, 0) is 94.3 Å². The van der Waals surface area contributed by atoms with Crippen molar-refractivity contribution in [1.82, 2.24) is 5.32 Å². The Morgan fingerprint density at radius 2 is 1.47 bits per heavy atom. The number of carbonyl (C=O) groups is 2. The second-order valence-electron chi connectivity index (χ2n) is 9.91. The molecule has 1 fully saturated rings. The monoisotopic (exact) mass is 419 g/mol. The van der Waals surface area contributed by atoms with Crippen LogP contribution in [-0.4, -0.2) is 11.1 Å². The molecule has 4 rings (SSSR count). The number of hydrogen-bond donors (Lipinski definition) is 1. The highest BCUT2D eigenvalue weighted by molar-refractivity contribution is 8.18. The highest BCUT2D eigenvalue weighted by atomic mass is 32.2. The maximum atomic E-state index is 11.8. The molecule has 2 amide bonds. The van der Waals surface area contributed by atoms with Gasteiger partial charge in [-0.3, -0.25) is 14.9 Å². The summed E-state index contributed by atoms with van der Waals surface area (Å²) < 4.78 is 0. The second kappa shape index (κ2) is 7.12. The minimum Gasteiger partial charge on any atom is -0.282 e. The van der Waals surface area contributed by atoms with Gasteiger partial charge >= 0.3 is 0 Å². The van der Waals surface area contributed by atoms with Crippen molar-refractivity contribution >= 4 is 29.0 Å². The van der Waals surface area contributed by atoms with Gasteiger partial charge in [0.1, 0.15) is 0 Å². The predicted molar refractivity (Wildman–Crippen MR) is 126 cm³/mol. The molecule has 0 spiro atoms. The van der Waals surface area contributed by atoms with Crippen LogP contribution in [0.15, 0.2) is 35.2 Å². The van der Waals surface area contributed by atoms with Crippen molar-refractivity contribution in [1.29, 1.82) is 0 Å². The number of imide groups is 1. The fraction of sp³-hybridized carbons (Fsp3) is 0.385. The van der Waals surface area contributed by atoms with E-state index in [4.69, 9.17) is 0 Å². The van der Waals surface area contributed by atoms with Crippen LogP contribution in [-0.2, 0) is 15.6 Å². The van der Waals surface area contributed by atoms with Crippen molar-refractivity contribution < 1.29 is 9.59 Å². The van der Waals surface area contributed by atoms with E-state index in [9.17, 15) is 9.59 Å². The SMILES string of the molecule is Cc1cc(C=C2SC(=O)NC2=O)ccc1-c1cc2c(cc1C)C(C)(C)CCC2(C)C. The molecule has 0 radical (unpaired) electrons. The molecule has 2 aromatic carbocycles. The standard InChI is InChI=1S/C26H29NO2S/c1-15-11-17(13-22-23(28)27-24(29)30-22)7-8-18(15)19-14-21-20(12-16(19)2)25(3,4)9-10-26(21,5)6/h7-8,11-14H,9-10H2,1-6H3,(H,27,28,29). The van der Waals surface area contributed by atoms with Crippen LogP contribution in [0, 0.1) is 13.8 Å². The number of nitrogens with one attached hydrogen (secondary N) is 1. The highest BCUT2D eigenvalue weighted by Crippen LogP contribution is 2.47. The van der Waals surface area contributed by atoms with E-state index in [0.717, 1.165) is 22.9 Å². The van der Waals surface area contributed by atoms with E-state index in [1.807, 2.05) is 6.07 Å². The molecule has 1 aliphatic carbocycles. The molecular weight excluding hydrogens is 390 g/mol. The maximum Gasteiger partial charge on any atom is 0.290 e. The van der Waals surface area contributed by atoms with Gasteiger partial charge in [0.15, 0.2) is 0 Å². The maximum absolute atomic E-state index is 11.8. The van der Waals surface area contributed by atoms with E-state index in [2.05, 4.69) is 71.1 Å². The molecule has 0 saturated carbocycles. The van der Waals surface area contributed by atoms with Crippen LogP contribution in [0.3, 0.4) is 0 Å². The van der Waals surface area contributed by atoms with Crippen molar-refractivity contribution in [3.63, 3.8) is 0 Å². The zero-order valence-corrected chi connectivity index (χ0v) is 19.4. The summed E-state index contributed by atoms with van der Waals surface area (Å²) in [6, 6.07) is 11.1. The van der Waals surface area contributed by atoms with E-state index in [1.54, 1.807) is 6.08 Å². The third kappa shape index (κ3) is 3.62. The molecular formula is C26H29NO2S. The predicted octanol–water partition coefficient (Wildman–Crippen LogP) is 6.64. The molecule has 3 nitrogen and oxygen atoms in total. The van der Waals surface area contributed by atoms with E-state index in [1.165, 1.54) is 40.7 Å². The Bertz CT molecular complexity index is 1110. The van der Waals surface area contributed by atoms with E-state index >= 15 is 0 Å². The number of hydrogen-bond acceptors (Lipinski definition) is 3. The molecule has 2 aromatic rings. The Labute approximate surface area is 183 Å². The number of benzene rings is 2. The van der Waals surface area contributed by atoms with Crippen molar-refractivity contribution in [3.8, 4) is 11.1 Å². The lowest BCUT2D eigenvalue weighted by atomic mass is 9.62. The summed E-state index contributed by atoms with van der Waals surface area (Å²) >= 11 is 0.954. The summed E-state index contributed by atoms with van der Waals surface area (Å²) in [4.78, 5) is 23.7. The molecule has 156 valence electrons. The van der Waals surface area contributed by atoms with Gasteiger partial charge in [0.05, 0.1) is 4.91 Å². The molecule has 0 unspecified atom stereocenters. The van der Waals surface area contributed by atoms with Crippen LogP contribution >= 0.6 is 11.8 Å². The number of carbonyl (C=O) groups excluding carboxylic acids is 2. The number of aryl methyl sites for hydroxylation is 2. The number of fused-ring (bicyclic) bond motifs is 1. The first-order valence-electron chi connectivity index (χ1n) is 10.5. The van der Waals surface area contributed by atoms with Crippen molar-refractivity contribution in [3.05, 3.63) is 63.1 Å². The number of amides is 2. The third-order valence-electron chi connectivity index (χ3n) is 6.68. The van der Waals surface area contributed by atoms with Crippen molar-refractivity contribution in [2.24, 2.45) is 0 Å². The zero-order valence-electron chi connectivity index (χ0n) is 18.6. The second-order valence-corrected chi connectivity index (χ2v) is 10.9. The van der Waals surface area contributed by atoms with Crippen LogP contribution in [0.25, 0.3) is 17.2 Å². The van der Waals surface area contributed by atoms with Crippen LogP contribution < -0.4 is 5.32 Å². The molecule has 1 heterocycles. The Hall–Kier alpha value is -2.33. The van der Waals surface area contributed by atoms with Gasteiger partial charge in [0, 0.05) is 0 Å². The fourth-order valence-electron chi connectivity index (χ4n) is 4.66. The smallest absolute Gasteiger partial charge is 0.282 e. The summed E-state index contributed by atoms with van der Waals surface area (Å²) in [5, 5.41) is 2.00. The fourth-order valence-corrected chi connectivity index (χ4v) is 5.35. The van der Waals surface area contributed by atoms with Gasteiger partial charge in [0.25, 0.3) is 11.1 Å². The van der Waals surface area contributed by atoms with E-state index in [-0.39, 0.29) is 22.0 Å². The quantitative estimate of drug-likeness (QED) is 0.555. The average molecular weight is 420 g/mol. The summed E-state index contributed by atoms with van der Waals surface area (Å²) in [5.41, 5.74) is 9.20. The third-order valence-corrected chi connectivity index (χ3v) is 7.49. The largest absolute Gasteiger partial charge is 0.290 e. The van der Waals surface area contributed by atoms with Gasteiger partial charge < -0.3 is 0 Å². The van der Waals surface area contributed by atoms with Gasteiger partial charge in [-0.1, -0.05) is 58.0 Å². The minimum atomic E-state index is -0.317. The van der Waals surface area contributed by atoms with Gasteiger partial charge in [-0.25, -0.2) is 0 Å². The van der Waals surface area contributed by atoms with E-state index in [0.29, 0.717) is 4.91 Å². The average Bonchev–Trinajstić information content (AvgIpc) is 2.96. The lowest BCUT2D eigenvalue weighted by Crippen LogP contribution is -2.34. The lowest BCUT2D eigenvalue weighted by Gasteiger charge is -2.42. The molecule has 4 heteroatoms. The van der Waals surface area contributed by atoms with Crippen molar-refractivity contribution in [2.75, 3.05) is 0 Å². The minimum absolute atomic E-state index is 0.172. The van der Waals surface area contributed by atoms with Crippen molar-refractivity contribution in [2.45, 2.75) is 65.2 Å². The Kier molecular flexibility index (Phi) is 4.97. The lowest BCUT2D eigenvalue weighted by molar-refractivity contribution is -0.115. The zero-order chi connectivity index (χ0) is 21.8. The summed E-state index contributed by atoms with van der Waals surface area (Å²) in [6.45, 7) is 13.7. The summed E-state index contributed by atoms with van der Waals surface area (Å²) in [6.07, 6.45) is 4.19. The Morgan fingerprint density at radius 3 is 2.03 bits per heavy atom.